The Labute approximate surface area is 129 Å². The molecule has 0 aliphatic carbocycles. The molecule has 0 saturated carbocycles. The normalized spacial score (nSPS) is 12.8. The van der Waals surface area contributed by atoms with Crippen LogP contribution >= 0.6 is 11.8 Å². The van der Waals surface area contributed by atoms with Crippen LogP contribution in [0.5, 0.6) is 0 Å². The summed E-state index contributed by atoms with van der Waals surface area (Å²) in [7, 11) is 0. The molecule has 0 aliphatic rings. The number of hydrogen-bond acceptors (Lipinski definition) is 7. The minimum atomic E-state index is -0.0520. The molecule has 4 aromatic rings. The maximum absolute atomic E-state index is 5.31. The topological polar surface area (TPSA) is 82.2 Å². The lowest BCUT2D eigenvalue weighted by atomic mass is 10.4. The van der Waals surface area contributed by atoms with Crippen LogP contribution in [0.1, 0.15) is 18.1 Å². The highest BCUT2D eigenvalue weighted by atomic mass is 32.2. The van der Waals surface area contributed by atoms with Crippen molar-refractivity contribution in [3.63, 3.8) is 0 Å². The molecule has 1 atom stereocenters. The standard InChI is InChI=1S/C14H11N5O2S/c1-9(13-15-12(18-21-13)10-5-4-8-20-10)22-14-17-16-11-6-2-3-7-19(11)14/h2-9H,1H3/t9-/m0/s1. The zero-order valence-corrected chi connectivity index (χ0v) is 12.4. The fourth-order valence-electron chi connectivity index (χ4n) is 2.01. The zero-order valence-electron chi connectivity index (χ0n) is 11.6. The highest BCUT2D eigenvalue weighted by molar-refractivity contribution is 7.99. The highest BCUT2D eigenvalue weighted by Gasteiger charge is 2.19. The Bertz CT molecular complexity index is 899. The van der Waals surface area contributed by atoms with E-state index in [1.807, 2.05) is 35.7 Å². The number of thioether (sulfide) groups is 1. The van der Waals surface area contributed by atoms with Gasteiger partial charge in [0, 0.05) is 6.20 Å². The predicted molar refractivity (Wildman–Crippen MR) is 79.3 cm³/mol. The molecule has 0 spiro atoms. The minimum Gasteiger partial charge on any atom is -0.461 e. The molecule has 0 unspecified atom stereocenters. The van der Waals surface area contributed by atoms with E-state index >= 15 is 0 Å². The molecule has 8 heteroatoms. The summed E-state index contributed by atoms with van der Waals surface area (Å²) < 4.78 is 12.5. The average molecular weight is 313 g/mol. The van der Waals surface area contributed by atoms with E-state index in [-0.39, 0.29) is 5.25 Å². The van der Waals surface area contributed by atoms with Crippen molar-refractivity contribution in [1.82, 2.24) is 24.7 Å². The third-order valence-electron chi connectivity index (χ3n) is 3.10. The number of pyridine rings is 1. The number of hydrogen-bond donors (Lipinski definition) is 0. The molecule has 0 aliphatic heterocycles. The van der Waals surface area contributed by atoms with Crippen LogP contribution in [-0.2, 0) is 0 Å². The number of fused-ring (bicyclic) bond motifs is 1. The van der Waals surface area contributed by atoms with Gasteiger partial charge < -0.3 is 8.94 Å². The molecule has 0 amide bonds. The largest absolute Gasteiger partial charge is 0.461 e. The summed E-state index contributed by atoms with van der Waals surface area (Å²) in [4.78, 5) is 4.36. The number of aromatic nitrogens is 5. The second kappa shape index (κ2) is 5.30. The second-order valence-electron chi connectivity index (χ2n) is 4.61. The smallest absolute Gasteiger partial charge is 0.240 e. The number of rotatable bonds is 4. The third kappa shape index (κ3) is 2.27. The van der Waals surface area contributed by atoms with Gasteiger partial charge in [0.1, 0.15) is 0 Å². The van der Waals surface area contributed by atoms with Crippen molar-refractivity contribution in [3.05, 3.63) is 48.7 Å². The Balaban J connectivity index is 1.58. The fraction of sp³-hybridized carbons (Fsp3) is 0.143. The maximum atomic E-state index is 5.31. The van der Waals surface area contributed by atoms with Crippen LogP contribution in [0.4, 0.5) is 0 Å². The van der Waals surface area contributed by atoms with Gasteiger partial charge >= 0.3 is 0 Å². The van der Waals surface area contributed by atoms with E-state index in [1.165, 1.54) is 11.8 Å². The van der Waals surface area contributed by atoms with Crippen molar-refractivity contribution in [2.45, 2.75) is 17.3 Å². The zero-order chi connectivity index (χ0) is 14.9. The number of furan rings is 1. The molecular weight excluding hydrogens is 302 g/mol. The molecule has 22 heavy (non-hydrogen) atoms. The minimum absolute atomic E-state index is 0.0520. The molecule has 0 radical (unpaired) electrons. The SMILES string of the molecule is C[C@H](Sc1nnc2ccccn12)c1nc(-c2ccco2)no1. The summed E-state index contributed by atoms with van der Waals surface area (Å²) in [5.74, 6) is 1.54. The van der Waals surface area contributed by atoms with Gasteiger partial charge in [0.05, 0.1) is 11.5 Å². The maximum Gasteiger partial charge on any atom is 0.240 e. The Morgan fingerprint density at radius 1 is 1.18 bits per heavy atom. The van der Waals surface area contributed by atoms with Crippen LogP contribution < -0.4 is 0 Å². The summed E-state index contributed by atoms with van der Waals surface area (Å²) in [5.41, 5.74) is 0.805. The molecule has 4 heterocycles. The Kier molecular flexibility index (Phi) is 3.15. The molecule has 110 valence electrons. The summed E-state index contributed by atoms with van der Waals surface area (Å²) in [5, 5.41) is 13.0. The van der Waals surface area contributed by atoms with Crippen LogP contribution in [0.2, 0.25) is 0 Å². The van der Waals surface area contributed by atoms with E-state index in [2.05, 4.69) is 20.3 Å². The van der Waals surface area contributed by atoms with Crippen molar-refractivity contribution < 1.29 is 8.94 Å². The monoisotopic (exact) mass is 313 g/mol. The average Bonchev–Trinajstić information content (AvgIpc) is 3.28. The van der Waals surface area contributed by atoms with Crippen LogP contribution in [0.3, 0.4) is 0 Å². The Morgan fingerprint density at radius 2 is 2.14 bits per heavy atom. The van der Waals surface area contributed by atoms with Gasteiger partial charge in [-0.25, -0.2) is 0 Å². The van der Waals surface area contributed by atoms with E-state index in [0.717, 1.165) is 10.8 Å². The van der Waals surface area contributed by atoms with E-state index in [4.69, 9.17) is 8.94 Å². The molecule has 0 saturated heterocycles. The first-order chi connectivity index (χ1) is 10.8. The van der Waals surface area contributed by atoms with E-state index < -0.39 is 0 Å². The molecule has 0 N–H and O–H groups in total. The van der Waals surface area contributed by atoms with Gasteiger partial charge in [0.25, 0.3) is 0 Å². The lowest BCUT2D eigenvalue weighted by Gasteiger charge is -2.03. The lowest BCUT2D eigenvalue weighted by molar-refractivity contribution is 0.379. The molecule has 0 aromatic carbocycles. The van der Waals surface area contributed by atoms with Gasteiger partial charge in [0.15, 0.2) is 16.6 Å². The first-order valence-corrected chi connectivity index (χ1v) is 7.53. The molecular formula is C14H11N5O2S. The van der Waals surface area contributed by atoms with Gasteiger partial charge in [-0.1, -0.05) is 23.0 Å². The van der Waals surface area contributed by atoms with E-state index in [1.54, 1.807) is 18.4 Å². The van der Waals surface area contributed by atoms with E-state index in [9.17, 15) is 0 Å². The van der Waals surface area contributed by atoms with Crippen molar-refractivity contribution >= 4 is 17.4 Å². The molecule has 7 nitrogen and oxygen atoms in total. The number of nitrogens with zero attached hydrogens (tertiary/aromatic N) is 5. The van der Waals surface area contributed by atoms with Crippen LogP contribution in [0, 0.1) is 0 Å². The first kappa shape index (κ1) is 13.1. The van der Waals surface area contributed by atoms with Gasteiger partial charge in [0.2, 0.25) is 11.7 Å². The first-order valence-electron chi connectivity index (χ1n) is 6.65. The molecule has 0 bridgehead atoms. The van der Waals surface area contributed by atoms with Crippen LogP contribution in [0.15, 0.2) is 56.9 Å². The van der Waals surface area contributed by atoms with Crippen LogP contribution in [-0.4, -0.2) is 24.7 Å². The molecule has 4 aromatic heterocycles. The second-order valence-corrected chi connectivity index (χ2v) is 5.91. The fourth-order valence-corrected chi connectivity index (χ4v) is 2.88. The summed E-state index contributed by atoms with van der Waals surface area (Å²) in [6.45, 7) is 1.98. The van der Waals surface area contributed by atoms with Crippen molar-refractivity contribution in [3.8, 4) is 11.6 Å². The van der Waals surface area contributed by atoms with Crippen molar-refractivity contribution in [1.29, 1.82) is 0 Å². The van der Waals surface area contributed by atoms with Gasteiger partial charge in [-0.15, -0.1) is 10.2 Å². The van der Waals surface area contributed by atoms with E-state index in [0.29, 0.717) is 17.5 Å². The van der Waals surface area contributed by atoms with Gasteiger partial charge in [-0.05, 0) is 31.2 Å². The summed E-state index contributed by atoms with van der Waals surface area (Å²) in [6, 6.07) is 9.34. The van der Waals surface area contributed by atoms with Crippen molar-refractivity contribution in [2.24, 2.45) is 0 Å². The van der Waals surface area contributed by atoms with Gasteiger partial charge in [-0.2, -0.15) is 4.98 Å². The Hall–Kier alpha value is -2.61. The Morgan fingerprint density at radius 3 is 3.00 bits per heavy atom. The molecule has 4 rings (SSSR count). The lowest BCUT2D eigenvalue weighted by Crippen LogP contribution is -1.92. The summed E-state index contributed by atoms with van der Waals surface area (Å²) in [6.07, 6.45) is 3.50. The quantitative estimate of drug-likeness (QED) is 0.535. The van der Waals surface area contributed by atoms with Crippen LogP contribution in [0.25, 0.3) is 17.2 Å². The summed E-state index contributed by atoms with van der Waals surface area (Å²) >= 11 is 1.51. The highest BCUT2D eigenvalue weighted by Crippen LogP contribution is 2.33. The molecule has 0 fully saturated rings. The van der Waals surface area contributed by atoms with Gasteiger partial charge in [-0.3, -0.25) is 4.40 Å². The predicted octanol–water partition coefficient (Wildman–Crippen LogP) is 3.23. The van der Waals surface area contributed by atoms with Crippen molar-refractivity contribution in [2.75, 3.05) is 0 Å². The third-order valence-corrected chi connectivity index (χ3v) is 4.14.